The molecule has 0 saturated carbocycles. The van der Waals surface area contributed by atoms with Crippen LogP contribution in [0.4, 0.5) is 0 Å². The fourth-order valence-electron chi connectivity index (χ4n) is 3.32. The molecule has 2 unspecified atom stereocenters. The van der Waals surface area contributed by atoms with Crippen molar-refractivity contribution in [3.05, 3.63) is 34.9 Å². The van der Waals surface area contributed by atoms with Crippen LogP contribution >= 0.6 is 11.6 Å². The van der Waals surface area contributed by atoms with E-state index < -0.39 is 11.7 Å². The average Bonchev–Trinajstić information content (AvgIpc) is 2.50. The van der Waals surface area contributed by atoms with Gasteiger partial charge in [0.2, 0.25) is 0 Å². The Hall–Kier alpha value is -0.610. The van der Waals surface area contributed by atoms with Crippen LogP contribution in [0.2, 0.25) is 5.02 Å². The minimum atomic E-state index is -0.501. The molecule has 2 rings (SSSR count). The monoisotopic (exact) mass is 311 g/mol. The van der Waals surface area contributed by atoms with Crippen molar-refractivity contribution in [3.63, 3.8) is 0 Å². The summed E-state index contributed by atoms with van der Waals surface area (Å²) in [5.41, 5.74) is 0.268. The number of aliphatic hydroxyl groups is 1. The Kier molecular flexibility index (Phi) is 4.69. The van der Waals surface area contributed by atoms with E-state index in [1.54, 1.807) is 0 Å². The van der Waals surface area contributed by atoms with Gasteiger partial charge in [0, 0.05) is 24.0 Å². The molecule has 1 aliphatic rings. The summed E-state index contributed by atoms with van der Waals surface area (Å²) in [6.07, 6.45) is -0.471. The van der Waals surface area contributed by atoms with Crippen LogP contribution in [-0.2, 0) is 11.3 Å². The van der Waals surface area contributed by atoms with Gasteiger partial charge < -0.3 is 14.7 Å². The quantitative estimate of drug-likeness (QED) is 0.925. The van der Waals surface area contributed by atoms with E-state index in [0.717, 1.165) is 23.7 Å². The second-order valence-corrected chi connectivity index (χ2v) is 7.56. The fraction of sp³-hybridized carbons (Fsp3) is 0.647. The van der Waals surface area contributed by atoms with Gasteiger partial charge >= 0.3 is 0 Å². The van der Waals surface area contributed by atoms with Gasteiger partial charge in [-0.3, -0.25) is 0 Å². The zero-order valence-electron chi connectivity index (χ0n) is 13.6. The molecular formula is C17H26ClNO2. The molecule has 0 spiro atoms. The van der Waals surface area contributed by atoms with Crippen molar-refractivity contribution in [1.29, 1.82) is 0 Å². The van der Waals surface area contributed by atoms with Crippen LogP contribution < -0.4 is 0 Å². The number of ether oxygens (including phenoxy) is 1. The van der Waals surface area contributed by atoms with Crippen LogP contribution in [0.3, 0.4) is 0 Å². The number of benzene rings is 1. The van der Waals surface area contributed by atoms with Crippen LogP contribution in [0, 0.1) is 5.92 Å². The van der Waals surface area contributed by atoms with Gasteiger partial charge in [0.25, 0.3) is 0 Å². The molecule has 0 radical (unpaired) electrons. The number of rotatable bonds is 4. The van der Waals surface area contributed by atoms with Gasteiger partial charge in [-0.05, 0) is 46.4 Å². The first-order valence-corrected chi connectivity index (χ1v) is 7.81. The first-order chi connectivity index (χ1) is 9.63. The van der Waals surface area contributed by atoms with E-state index in [-0.39, 0.29) is 11.5 Å². The van der Waals surface area contributed by atoms with Crippen LogP contribution in [0.1, 0.15) is 33.3 Å². The highest BCUT2D eigenvalue weighted by atomic mass is 35.5. The largest absolute Gasteiger partial charge is 0.390 e. The van der Waals surface area contributed by atoms with Gasteiger partial charge in [0.05, 0.1) is 17.3 Å². The third kappa shape index (κ3) is 3.59. The van der Waals surface area contributed by atoms with Gasteiger partial charge in [-0.15, -0.1) is 0 Å². The molecule has 1 fully saturated rings. The highest BCUT2D eigenvalue weighted by molar-refractivity contribution is 6.31. The van der Waals surface area contributed by atoms with Crippen molar-refractivity contribution < 1.29 is 9.84 Å². The Morgan fingerprint density at radius 1 is 1.19 bits per heavy atom. The van der Waals surface area contributed by atoms with E-state index in [0.29, 0.717) is 0 Å². The van der Waals surface area contributed by atoms with E-state index in [9.17, 15) is 5.11 Å². The molecule has 3 nitrogen and oxygen atoms in total. The van der Waals surface area contributed by atoms with Gasteiger partial charge in [-0.2, -0.15) is 0 Å². The molecule has 1 heterocycles. The van der Waals surface area contributed by atoms with Gasteiger partial charge in [-0.1, -0.05) is 29.8 Å². The first-order valence-electron chi connectivity index (χ1n) is 7.43. The number of hydrogen-bond acceptors (Lipinski definition) is 3. The number of nitrogens with zero attached hydrogens (tertiary/aromatic N) is 1. The summed E-state index contributed by atoms with van der Waals surface area (Å²) < 4.78 is 6.03. The zero-order chi connectivity index (χ0) is 15.8. The van der Waals surface area contributed by atoms with E-state index in [2.05, 4.69) is 25.8 Å². The van der Waals surface area contributed by atoms with E-state index in [4.69, 9.17) is 16.3 Å². The van der Waals surface area contributed by atoms with E-state index in [1.165, 1.54) is 0 Å². The second kappa shape index (κ2) is 5.88. The Bertz CT molecular complexity index is 501. The predicted octanol–water partition coefficient (Wildman–Crippen LogP) is 3.34. The molecule has 1 aromatic carbocycles. The lowest BCUT2D eigenvalue weighted by Crippen LogP contribution is -2.42. The molecule has 0 bridgehead atoms. The summed E-state index contributed by atoms with van der Waals surface area (Å²) in [5, 5.41) is 11.3. The third-order valence-electron chi connectivity index (χ3n) is 4.42. The maximum Gasteiger partial charge on any atom is 0.0896 e. The third-order valence-corrected chi connectivity index (χ3v) is 4.79. The molecule has 4 heteroatoms. The van der Waals surface area contributed by atoms with Gasteiger partial charge in [-0.25, -0.2) is 0 Å². The first kappa shape index (κ1) is 16.8. The molecule has 1 aromatic rings. The van der Waals surface area contributed by atoms with Gasteiger partial charge in [0.15, 0.2) is 0 Å². The van der Waals surface area contributed by atoms with Crippen molar-refractivity contribution in [1.82, 2.24) is 4.90 Å². The topological polar surface area (TPSA) is 32.7 Å². The minimum Gasteiger partial charge on any atom is -0.390 e. The van der Waals surface area contributed by atoms with Crippen molar-refractivity contribution in [2.45, 2.75) is 51.5 Å². The van der Waals surface area contributed by atoms with E-state index >= 15 is 0 Å². The summed E-state index contributed by atoms with van der Waals surface area (Å²) in [6, 6.07) is 7.88. The molecular weight excluding hydrogens is 286 g/mol. The number of hydrogen-bond donors (Lipinski definition) is 1. The molecule has 118 valence electrons. The molecule has 0 aromatic heterocycles. The summed E-state index contributed by atoms with van der Waals surface area (Å²) in [5.74, 6) is 0.0694. The normalized spacial score (nSPS) is 27.2. The molecule has 1 N–H and O–H groups in total. The predicted molar refractivity (Wildman–Crippen MR) is 86.5 cm³/mol. The van der Waals surface area contributed by atoms with E-state index in [1.807, 2.05) is 38.1 Å². The van der Waals surface area contributed by atoms with Crippen LogP contribution in [0.5, 0.6) is 0 Å². The minimum absolute atomic E-state index is 0.0694. The SMILES string of the molecule is CN(Cc1ccccc1Cl)CC1C(O)C(C)(C)OC1(C)C. The van der Waals surface area contributed by atoms with Crippen molar-refractivity contribution >= 4 is 11.6 Å². The lowest BCUT2D eigenvalue weighted by Gasteiger charge is -2.31. The number of aliphatic hydroxyl groups excluding tert-OH is 1. The lowest BCUT2D eigenvalue weighted by molar-refractivity contribution is -0.0912. The maximum absolute atomic E-state index is 10.5. The molecule has 2 atom stereocenters. The highest BCUT2D eigenvalue weighted by Gasteiger charge is 2.53. The van der Waals surface area contributed by atoms with Crippen LogP contribution in [0.25, 0.3) is 0 Å². The Labute approximate surface area is 132 Å². The summed E-state index contributed by atoms with van der Waals surface area (Å²) in [6.45, 7) is 9.54. The second-order valence-electron chi connectivity index (χ2n) is 7.15. The Morgan fingerprint density at radius 2 is 1.81 bits per heavy atom. The summed E-state index contributed by atoms with van der Waals surface area (Å²) >= 11 is 6.21. The molecule has 21 heavy (non-hydrogen) atoms. The Balaban J connectivity index is 2.06. The van der Waals surface area contributed by atoms with Gasteiger partial charge in [0.1, 0.15) is 0 Å². The highest BCUT2D eigenvalue weighted by Crippen LogP contribution is 2.42. The molecule has 0 amide bonds. The lowest BCUT2D eigenvalue weighted by atomic mass is 9.84. The zero-order valence-corrected chi connectivity index (χ0v) is 14.3. The van der Waals surface area contributed by atoms with Crippen LogP contribution in [0.15, 0.2) is 24.3 Å². The average molecular weight is 312 g/mol. The Morgan fingerprint density at radius 3 is 2.33 bits per heavy atom. The molecule has 1 aliphatic heterocycles. The fourth-order valence-corrected chi connectivity index (χ4v) is 3.51. The molecule has 0 aliphatic carbocycles. The standard InChI is InChI=1S/C17H26ClNO2/c1-16(2)13(15(20)17(3,4)21-16)11-19(5)10-12-8-6-7-9-14(12)18/h6-9,13,15,20H,10-11H2,1-5H3. The van der Waals surface area contributed by atoms with Crippen molar-refractivity contribution in [2.24, 2.45) is 5.92 Å². The van der Waals surface area contributed by atoms with Crippen molar-refractivity contribution in [2.75, 3.05) is 13.6 Å². The summed E-state index contributed by atoms with van der Waals surface area (Å²) in [4.78, 5) is 2.20. The number of halogens is 1. The molecule has 1 saturated heterocycles. The smallest absolute Gasteiger partial charge is 0.0896 e. The maximum atomic E-state index is 10.5. The summed E-state index contributed by atoms with van der Waals surface area (Å²) in [7, 11) is 2.05. The van der Waals surface area contributed by atoms with Crippen LogP contribution in [-0.4, -0.2) is 40.9 Å². The van der Waals surface area contributed by atoms with Crippen molar-refractivity contribution in [3.8, 4) is 0 Å².